The van der Waals surface area contributed by atoms with E-state index in [0.717, 1.165) is 5.69 Å². The van der Waals surface area contributed by atoms with Gasteiger partial charge in [-0.25, -0.2) is 0 Å². The largest absolute Gasteiger partial charge is 0.269 e. The molecule has 0 aliphatic carbocycles. The second kappa shape index (κ2) is 6.79. The van der Waals surface area contributed by atoms with Crippen molar-refractivity contribution in [3.63, 3.8) is 0 Å². The molecular weight excluding hydrogens is 314 g/mol. The first-order chi connectivity index (χ1) is 10.8. The highest BCUT2D eigenvalue weighted by molar-refractivity contribution is 6.30. The van der Waals surface area contributed by atoms with E-state index in [1.165, 1.54) is 6.07 Å². The molecule has 2 rings (SSSR count). The summed E-state index contributed by atoms with van der Waals surface area (Å²) in [6.45, 7) is 6.04. The molecule has 1 heterocycles. The van der Waals surface area contributed by atoms with Gasteiger partial charge < -0.3 is 0 Å². The molecule has 1 aromatic heterocycles. The van der Waals surface area contributed by atoms with Crippen molar-refractivity contribution in [2.45, 2.75) is 26.2 Å². The number of rotatable bonds is 2. The zero-order valence-electron chi connectivity index (χ0n) is 13.2. The summed E-state index contributed by atoms with van der Waals surface area (Å²) in [5.41, 5.74) is 6.17. The summed E-state index contributed by atoms with van der Waals surface area (Å²) < 4.78 is 0. The third-order valence-electron chi connectivity index (χ3n) is 3.17. The van der Waals surface area contributed by atoms with Crippen LogP contribution < -0.4 is 10.9 Å². The van der Waals surface area contributed by atoms with Crippen LogP contribution in [0.4, 0.5) is 0 Å². The Morgan fingerprint density at radius 1 is 1.00 bits per heavy atom. The normalized spacial score (nSPS) is 11.0. The molecule has 0 aliphatic heterocycles. The van der Waals surface area contributed by atoms with Crippen LogP contribution in [0, 0.1) is 0 Å². The fourth-order valence-corrected chi connectivity index (χ4v) is 2.06. The Kier molecular flexibility index (Phi) is 5.01. The van der Waals surface area contributed by atoms with Gasteiger partial charge in [-0.15, -0.1) is 0 Å². The minimum atomic E-state index is -0.439. The van der Waals surface area contributed by atoms with E-state index in [1.807, 2.05) is 20.8 Å². The van der Waals surface area contributed by atoms with Crippen LogP contribution in [-0.2, 0) is 5.41 Å². The molecule has 0 radical (unpaired) electrons. The minimum absolute atomic E-state index is 0.166. The number of benzene rings is 1. The molecule has 0 unspecified atom stereocenters. The summed E-state index contributed by atoms with van der Waals surface area (Å²) in [6.07, 6.45) is 1.58. The molecule has 0 fully saturated rings. The van der Waals surface area contributed by atoms with Crippen molar-refractivity contribution in [3.8, 4) is 0 Å². The highest BCUT2D eigenvalue weighted by Gasteiger charge is 2.17. The molecule has 0 saturated heterocycles. The Bertz CT molecular complexity index is 739. The van der Waals surface area contributed by atoms with Crippen molar-refractivity contribution >= 4 is 23.4 Å². The third kappa shape index (κ3) is 4.53. The number of halogens is 1. The Labute approximate surface area is 140 Å². The molecule has 2 aromatic rings. The number of hydrogen-bond donors (Lipinski definition) is 2. The van der Waals surface area contributed by atoms with Gasteiger partial charge >= 0.3 is 0 Å². The lowest BCUT2D eigenvalue weighted by molar-refractivity contribution is 0.0846. The number of hydrogen-bond acceptors (Lipinski definition) is 3. The molecule has 23 heavy (non-hydrogen) atoms. The van der Waals surface area contributed by atoms with Crippen molar-refractivity contribution in [1.82, 2.24) is 15.8 Å². The lowest BCUT2D eigenvalue weighted by Crippen LogP contribution is -2.41. The number of hydrazine groups is 1. The first-order valence-electron chi connectivity index (χ1n) is 7.10. The third-order valence-corrected chi connectivity index (χ3v) is 3.40. The van der Waals surface area contributed by atoms with E-state index in [0.29, 0.717) is 16.1 Å². The summed E-state index contributed by atoms with van der Waals surface area (Å²) in [5.74, 6) is -0.848. The van der Waals surface area contributed by atoms with Crippen LogP contribution in [0.1, 0.15) is 47.2 Å². The highest BCUT2D eigenvalue weighted by atomic mass is 35.5. The second-order valence-corrected chi connectivity index (χ2v) is 6.53. The molecule has 0 saturated carbocycles. The molecule has 120 valence electrons. The number of nitrogens with one attached hydrogen (secondary N) is 2. The van der Waals surface area contributed by atoms with Gasteiger partial charge in [0, 0.05) is 33.5 Å². The van der Waals surface area contributed by atoms with Crippen molar-refractivity contribution in [3.05, 3.63) is 64.4 Å². The predicted octanol–water partition coefficient (Wildman–Crippen LogP) is 3.11. The van der Waals surface area contributed by atoms with Crippen molar-refractivity contribution in [2.75, 3.05) is 0 Å². The summed E-state index contributed by atoms with van der Waals surface area (Å²) in [7, 11) is 0. The molecule has 2 N–H and O–H groups in total. The van der Waals surface area contributed by atoms with Crippen LogP contribution in [0.5, 0.6) is 0 Å². The van der Waals surface area contributed by atoms with E-state index in [2.05, 4.69) is 15.8 Å². The zero-order valence-corrected chi connectivity index (χ0v) is 13.9. The maximum absolute atomic E-state index is 12.1. The molecule has 2 amide bonds. The molecule has 5 nitrogen and oxygen atoms in total. The molecule has 0 atom stereocenters. The van der Waals surface area contributed by atoms with Gasteiger partial charge in [-0.3, -0.25) is 25.4 Å². The van der Waals surface area contributed by atoms with Crippen LogP contribution in [0.3, 0.4) is 0 Å². The minimum Gasteiger partial charge on any atom is -0.267 e. The Morgan fingerprint density at radius 3 is 2.17 bits per heavy atom. The van der Waals surface area contributed by atoms with Gasteiger partial charge in [-0.2, -0.15) is 0 Å². The Morgan fingerprint density at radius 2 is 1.61 bits per heavy atom. The van der Waals surface area contributed by atoms with Crippen molar-refractivity contribution < 1.29 is 9.59 Å². The van der Waals surface area contributed by atoms with Gasteiger partial charge in [0.1, 0.15) is 0 Å². The van der Waals surface area contributed by atoms with Crippen LogP contribution in [-0.4, -0.2) is 16.8 Å². The summed E-state index contributed by atoms with van der Waals surface area (Å²) in [6, 6.07) is 9.77. The standard InChI is InChI=1S/C17H18ClN3O2/c1-17(2,3)14-10-12(7-8-19-14)16(23)21-20-15(22)11-5-4-6-13(18)9-11/h4-10H,1-3H3,(H,20,22)(H,21,23). The van der Waals surface area contributed by atoms with Crippen LogP contribution >= 0.6 is 11.6 Å². The topological polar surface area (TPSA) is 71.1 Å². The molecule has 0 aliphatic rings. The fourth-order valence-electron chi connectivity index (χ4n) is 1.87. The molecule has 6 heteroatoms. The molecular formula is C17H18ClN3O2. The van der Waals surface area contributed by atoms with E-state index >= 15 is 0 Å². The average Bonchev–Trinajstić information content (AvgIpc) is 2.51. The van der Waals surface area contributed by atoms with Gasteiger partial charge in [0.05, 0.1) is 0 Å². The summed E-state index contributed by atoms with van der Waals surface area (Å²) in [4.78, 5) is 28.4. The number of aromatic nitrogens is 1. The highest BCUT2D eigenvalue weighted by Crippen LogP contribution is 2.20. The fraction of sp³-hybridized carbons (Fsp3) is 0.235. The van der Waals surface area contributed by atoms with E-state index in [-0.39, 0.29) is 5.41 Å². The molecule has 0 bridgehead atoms. The monoisotopic (exact) mass is 331 g/mol. The van der Waals surface area contributed by atoms with E-state index in [9.17, 15) is 9.59 Å². The van der Waals surface area contributed by atoms with Gasteiger partial charge in [0.15, 0.2) is 0 Å². The lowest BCUT2D eigenvalue weighted by atomic mass is 9.91. The van der Waals surface area contributed by atoms with Gasteiger partial charge in [0.25, 0.3) is 11.8 Å². The lowest BCUT2D eigenvalue weighted by Gasteiger charge is -2.18. The summed E-state index contributed by atoms with van der Waals surface area (Å²) >= 11 is 5.83. The number of pyridine rings is 1. The molecule has 1 aromatic carbocycles. The number of carbonyl (C=O) groups excluding carboxylic acids is 2. The second-order valence-electron chi connectivity index (χ2n) is 6.10. The summed E-state index contributed by atoms with van der Waals surface area (Å²) in [5, 5.41) is 0.452. The Balaban J connectivity index is 2.04. The van der Waals surface area contributed by atoms with E-state index < -0.39 is 11.8 Å². The van der Waals surface area contributed by atoms with Crippen LogP contribution in [0.15, 0.2) is 42.6 Å². The van der Waals surface area contributed by atoms with E-state index in [1.54, 1.807) is 36.5 Å². The van der Waals surface area contributed by atoms with Gasteiger partial charge in [-0.1, -0.05) is 38.4 Å². The average molecular weight is 332 g/mol. The van der Waals surface area contributed by atoms with Crippen molar-refractivity contribution in [2.24, 2.45) is 0 Å². The Hall–Kier alpha value is -2.40. The first-order valence-corrected chi connectivity index (χ1v) is 7.48. The van der Waals surface area contributed by atoms with Crippen LogP contribution in [0.25, 0.3) is 0 Å². The number of amides is 2. The number of nitrogens with zero attached hydrogens (tertiary/aromatic N) is 1. The smallest absolute Gasteiger partial charge is 0.267 e. The maximum atomic E-state index is 12.1. The van der Waals surface area contributed by atoms with Gasteiger partial charge in [0.2, 0.25) is 0 Å². The maximum Gasteiger partial charge on any atom is 0.269 e. The predicted molar refractivity (Wildman–Crippen MR) is 89.3 cm³/mol. The SMILES string of the molecule is CC(C)(C)c1cc(C(=O)NNC(=O)c2cccc(Cl)c2)ccn1. The van der Waals surface area contributed by atoms with Crippen LogP contribution in [0.2, 0.25) is 5.02 Å². The zero-order chi connectivity index (χ0) is 17.0. The van der Waals surface area contributed by atoms with Crippen molar-refractivity contribution in [1.29, 1.82) is 0 Å². The number of carbonyl (C=O) groups is 2. The first kappa shape index (κ1) is 17.0. The molecule has 0 spiro atoms. The van der Waals surface area contributed by atoms with E-state index in [4.69, 9.17) is 11.6 Å². The van der Waals surface area contributed by atoms with Gasteiger partial charge in [-0.05, 0) is 30.3 Å². The quantitative estimate of drug-likeness (QED) is 0.831.